The van der Waals surface area contributed by atoms with Gasteiger partial charge >= 0.3 is 6.18 Å². The number of thiophene rings is 1. The van der Waals surface area contributed by atoms with E-state index in [4.69, 9.17) is 12.2 Å². The first kappa shape index (κ1) is 17.2. The van der Waals surface area contributed by atoms with E-state index in [2.05, 4.69) is 0 Å². The second kappa shape index (κ2) is 6.34. The van der Waals surface area contributed by atoms with E-state index in [1.165, 1.54) is 23.5 Å². The molecule has 1 aliphatic rings. The van der Waals surface area contributed by atoms with Crippen molar-refractivity contribution in [2.75, 3.05) is 4.90 Å². The lowest BCUT2D eigenvalue weighted by Crippen LogP contribution is -2.27. The third kappa shape index (κ3) is 3.40. The second-order valence-corrected chi connectivity index (χ2v) is 8.01. The molecule has 1 fully saturated rings. The van der Waals surface area contributed by atoms with E-state index in [-0.39, 0.29) is 10.0 Å². The Morgan fingerprint density at radius 2 is 1.96 bits per heavy atom. The predicted octanol–water partition coefficient (Wildman–Crippen LogP) is 5.48. The first-order valence-electron chi connectivity index (χ1n) is 6.77. The summed E-state index contributed by atoms with van der Waals surface area (Å²) in [4.78, 5) is 16.1. The number of halogens is 3. The predicted molar refractivity (Wildman–Crippen MR) is 96.2 cm³/mol. The number of anilines is 1. The number of amides is 1. The third-order valence-corrected chi connectivity index (χ3v) is 5.51. The molecule has 1 saturated heterocycles. The molecule has 0 saturated carbocycles. The molecule has 0 spiro atoms. The average molecular weight is 385 g/mol. The number of thioether (sulfide) groups is 1. The van der Waals surface area contributed by atoms with Gasteiger partial charge in [-0.15, -0.1) is 11.3 Å². The molecule has 3 rings (SSSR count). The summed E-state index contributed by atoms with van der Waals surface area (Å²) in [5.41, 5.74) is -0.690. The normalized spacial score (nSPS) is 17.2. The highest BCUT2D eigenvalue weighted by molar-refractivity contribution is 8.27. The van der Waals surface area contributed by atoms with Crippen molar-refractivity contribution < 1.29 is 18.0 Å². The van der Waals surface area contributed by atoms with E-state index in [0.717, 1.165) is 38.5 Å². The Bertz CT molecular complexity index is 854. The quantitative estimate of drug-likeness (QED) is 0.504. The lowest BCUT2D eigenvalue weighted by Gasteiger charge is -2.16. The molecule has 2 aromatic rings. The molecule has 1 aromatic heterocycles. The Hall–Kier alpha value is -1.64. The van der Waals surface area contributed by atoms with Crippen molar-refractivity contribution >= 4 is 57.3 Å². The highest BCUT2D eigenvalue weighted by Gasteiger charge is 2.36. The van der Waals surface area contributed by atoms with Gasteiger partial charge in [0.25, 0.3) is 5.91 Å². The van der Waals surface area contributed by atoms with Gasteiger partial charge in [0.15, 0.2) is 4.32 Å². The lowest BCUT2D eigenvalue weighted by atomic mass is 10.2. The number of alkyl halides is 3. The molecule has 124 valence electrons. The minimum atomic E-state index is -4.47. The fraction of sp³-hybridized carbons (Fsp3) is 0.125. The van der Waals surface area contributed by atoms with Crippen LogP contribution in [0.4, 0.5) is 18.9 Å². The van der Waals surface area contributed by atoms with Crippen LogP contribution in [0.5, 0.6) is 0 Å². The van der Waals surface area contributed by atoms with Crippen LogP contribution in [0.3, 0.4) is 0 Å². The SMILES string of the molecule is Cc1ccc(/C=C2\SC(=S)N(c3cccc(C(F)(F)F)c3)C2=O)s1. The van der Waals surface area contributed by atoms with Gasteiger partial charge in [0.2, 0.25) is 0 Å². The molecule has 0 atom stereocenters. The van der Waals surface area contributed by atoms with Crippen LogP contribution in [0.25, 0.3) is 6.08 Å². The summed E-state index contributed by atoms with van der Waals surface area (Å²) in [6.45, 7) is 1.95. The number of carbonyl (C=O) groups is 1. The molecular formula is C16H10F3NOS3. The fourth-order valence-corrected chi connectivity index (χ4v) is 4.36. The topological polar surface area (TPSA) is 20.3 Å². The van der Waals surface area contributed by atoms with Gasteiger partial charge in [-0.2, -0.15) is 13.2 Å². The zero-order valence-corrected chi connectivity index (χ0v) is 14.7. The van der Waals surface area contributed by atoms with Gasteiger partial charge in [0.1, 0.15) is 0 Å². The number of thiocarbonyl (C=S) groups is 1. The summed E-state index contributed by atoms with van der Waals surface area (Å²) in [5, 5.41) is 0. The lowest BCUT2D eigenvalue weighted by molar-refractivity contribution is -0.137. The maximum Gasteiger partial charge on any atom is 0.416 e. The molecule has 0 radical (unpaired) electrons. The van der Waals surface area contributed by atoms with E-state index >= 15 is 0 Å². The summed E-state index contributed by atoms with van der Waals surface area (Å²) in [6, 6.07) is 8.43. The monoisotopic (exact) mass is 385 g/mol. The first-order chi connectivity index (χ1) is 11.3. The average Bonchev–Trinajstić information content (AvgIpc) is 3.02. The van der Waals surface area contributed by atoms with E-state index in [0.29, 0.717) is 4.91 Å². The fourth-order valence-electron chi connectivity index (χ4n) is 2.17. The van der Waals surface area contributed by atoms with Crippen molar-refractivity contribution in [2.24, 2.45) is 0 Å². The number of nitrogens with zero attached hydrogens (tertiary/aromatic N) is 1. The molecule has 2 heterocycles. The summed E-state index contributed by atoms with van der Waals surface area (Å²) >= 11 is 7.80. The van der Waals surface area contributed by atoms with Crippen LogP contribution in [0.1, 0.15) is 15.3 Å². The second-order valence-electron chi connectivity index (χ2n) is 5.01. The maximum absolute atomic E-state index is 12.9. The Morgan fingerprint density at radius 1 is 1.21 bits per heavy atom. The Kier molecular flexibility index (Phi) is 4.54. The van der Waals surface area contributed by atoms with Crippen molar-refractivity contribution in [1.82, 2.24) is 0 Å². The summed E-state index contributed by atoms with van der Waals surface area (Å²) in [5.74, 6) is -0.407. The number of hydrogen-bond donors (Lipinski definition) is 0. The van der Waals surface area contributed by atoms with Gasteiger partial charge in [-0.05, 0) is 43.3 Å². The minimum absolute atomic E-state index is 0.123. The van der Waals surface area contributed by atoms with Crippen LogP contribution in [0.2, 0.25) is 0 Å². The van der Waals surface area contributed by atoms with Crippen molar-refractivity contribution in [3.05, 3.63) is 56.6 Å². The summed E-state index contributed by atoms with van der Waals surface area (Å²) in [7, 11) is 0. The van der Waals surface area contributed by atoms with Crippen molar-refractivity contribution in [1.29, 1.82) is 0 Å². The molecule has 0 unspecified atom stereocenters. The number of rotatable bonds is 2. The minimum Gasteiger partial charge on any atom is -0.268 e. The third-order valence-electron chi connectivity index (χ3n) is 3.26. The molecule has 24 heavy (non-hydrogen) atoms. The highest BCUT2D eigenvalue weighted by Crippen LogP contribution is 2.38. The van der Waals surface area contributed by atoms with Crippen LogP contribution in [-0.2, 0) is 11.0 Å². The summed E-state index contributed by atoms with van der Waals surface area (Å²) < 4.78 is 38.8. The van der Waals surface area contributed by atoms with Crippen LogP contribution >= 0.6 is 35.3 Å². The number of hydrogen-bond acceptors (Lipinski definition) is 4. The van der Waals surface area contributed by atoms with Gasteiger partial charge in [-0.1, -0.05) is 30.0 Å². The zero-order valence-electron chi connectivity index (χ0n) is 12.3. The van der Waals surface area contributed by atoms with Crippen LogP contribution in [-0.4, -0.2) is 10.2 Å². The van der Waals surface area contributed by atoms with Gasteiger partial charge < -0.3 is 0 Å². The molecule has 2 nitrogen and oxygen atoms in total. The standard InChI is InChI=1S/C16H10F3NOS3/c1-9-5-6-12(23-9)8-13-14(21)20(15(22)24-13)11-4-2-3-10(7-11)16(17,18)19/h2-8H,1H3/b13-8-. The maximum atomic E-state index is 12.9. The van der Waals surface area contributed by atoms with E-state index in [1.54, 1.807) is 6.08 Å². The molecule has 0 N–H and O–H groups in total. The van der Waals surface area contributed by atoms with Gasteiger partial charge in [0, 0.05) is 9.75 Å². The largest absolute Gasteiger partial charge is 0.416 e. The summed E-state index contributed by atoms with van der Waals surface area (Å²) in [6.07, 6.45) is -2.76. The Morgan fingerprint density at radius 3 is 2.58 bits per heavy atom. The van der Waals surface area contributed by atoms with Gasteiger partial charge in [-0.3, -0.25) is 9.69 Å². The molecular weight excluding hydrogens is 375 g/mol. The van der Waals surface area contributed by atoms with Crippen LogP contribution in [0.15, 0.2) is 41.3 Å². The number of benzene rings is 1. The van der Waals surface area contributed by atoms with Crippen LogP contribution < -0.4 is 4.90 Å². The first-order valence-corrected chi connectivity index (χ1v) is 8.81. The molecule has 1 aromatic carbocycles. The highest BCUT2D eigenvalue weighted by atomic mass is 32.2. The molecule has 0 aliphatic carbocycles. The Balaban J connectivity index is 1.94. The van der Waals surface area contributed by atoms with Crippen molar-refractivity contribution in [3.8, 4) is 0 Å². The number of aryl methyl sites for hydroxylation is 1. The molecule has 1 amide bonds. The Labute approximate surface area is 150 Å². The van der Waals surface area contributed by atoms with Crippen LogP contribution in [0, 0.1) is 6.92 Å². The zero-order chi connectivity index (χ0) is 17.5. The van der Waals surface area contributed by atoms with E-state index in [9.17, 15) is 18.0 Å². The van der Waals surface area contributed by atoms with Crippen molar-refractivity contribution in [2.45, 2.75) is 13.1 Å². The molecule has 0 bridgehead atoms. The van der Waals surface area contributed by atoms with E-state index < -0.39 is 17.6 Å². The molecule has 1 aliphatic heterocycles. The van der Waals surface area contributed by atoms with Crippen molar-refractivity contribution in [3.63, 3.8) is 0 Å². The smallest absolute Gasteiger partial charge is 0.268 e. The molecule has 8 heteroatoms. The van der Waals surface area contributed by atoms with Gasteiger partial charge in [-0.25, -0.2) is 0 Å². The van der Waals surface area contributed by atoms with Gasteiger partial charge in [0.05, 0.1) is 16.2 Å². The van der Waals surface area contributed by atoms with E-state index in [1.807, 2.05) is 19.1 Å². The number of carbonyl (C=O) groups excluding carboxylic acids is 1.